The predicted molar refractivity (Wildman–Crippen MR) is 103 cm³/mol. The van der Waals surface area contributed by atoms with E-state index in [0.717, 1.165) is 24.5 Å². The minimum Gasteiger partial charge on any atom is -0.447 e. The third kappa shape index (κ3) is 5.06. The van der Waals surface area contributed by atoms with Gasteiger partial charge >= 0.3 is 0 Å². The van der Waals surface area contributed by atoms with Crippen LogP contribution >= 0.6 is 0 Å². The van der Waals surface area contributed by atoms with E-state index in [1.807, 2.05) is 35.2 Å². The molecular formula is C22H21F2N3O2. The Morgan fingerprint density at radius 3 is 2.66 bits per heavy atom. The summed E-state index contributed by atoms with van der Waals surface area (Å²) in [5.41, 5.74) is 1.62. The van der Waals surface area contributed by atoms with Crippen LogP contribution in [0.2, 0.25) is 0 Å². The summed E-state index contributed by atoms with van der Waals surface area (Å²) in [5.74, 6) is -1.08. The first kappa shape index (κ1) is 19.3. The third-order valence-electron chi connectivity index (χ3n) is 4.87. The lowest BCUT2D eigenvalue weighted by Gasteiger charge is -2.20. The highest BCUT2D eigenvalue weighted by atomic mass is 19.1. The van der Waals surface area contributed by atoms with E-state index in [9.17, 15) is 13.6 Å². The smallest absolute Gasteiger partial charge is 0.273 e. The number of hydrogen-bond donors (Lipinski definition) is 1. The van der Waals surface area contributed by atoms with E-state index in [4.69, 9.17) is 4.42 Å². The summed E-state index contributed by atoms with van der Waals surface area (Å²) in [5, 5.41) is 2.81. The maximum atomic E-state index is 14.0. The van der Waals surface area contributed by atoms with Crippen molar-refractivity contribution in [3.05, 3.63) is 89.1 Å². The van der Waals surface area contributed by atoms with E-state index >= 15 is 0 Å². The molecule has 29 heavy (non-hydrogen) atoms. The van der Waals surface area contributed by atoms with E-state index in [2.05, 4.69) is 10.3 Å². The van der Waals surface area contributed by atoms with Crippen molar-refractivity contribution in [1.82, 2.24) is 15.2 Å². The number of rotatable bonds is 8. The molecule has 1 aromatic heterocycles. The van der Waals surface area contributed by atoms with Crippen molar-refractivity contribution >= 4 is 5.91 Å². The number of nitrogens with one attached hydrogen (secondary N) is 1. The van der Waals surface area contributed by atoms with Crippen LogP contribution in [0.1, 0.15) is 40.3 Å². The number of halogens is 2. The van der Waals surface area contributed by atoms with Crippen molar-refractivity contribution in [2.75, 3.05) is 0 Å². The minimum absolute atomic E-state index is 0.208. The number of amides is 1. The molecule has 1 heterocycles. The van der Waals surface area contributed by atoms with Gasteiger partial charge in [0.25, 0.3) is 5.91 Å². The van der Waals surface area contributed by atoms with Gasteiger partial charge in [0.15, 0.2) is 5.69 Å². The molecule has 1 fully saturated rings. The summed E-state index contributed by atoms with van der Waals surface area (Å²) >= 11 is 0. The Balaban J connectivity index is 1.38. The Kier molecular flexibility index (Phi) is 5.67. The average Bonchev–Trinajstić information content (AvgIpc) is 3.47. The lowest BCUT2D eigenvalue weighted by atomic mass is 10.2. The number of carbonyl (C=O) groups excluding carboxylic acids is 1. The van der Waals surface area contributed by atoms with Gasteiger partial charge < -0.3 is 9.73 Å². The van der Waals surface area contributed by atoms with Crippen molar-refractivity contribution in [2.24, 2.45) is 0 Å². The van der Waals surface area contributed by atoms with Crippen LogP contribution in [0.25, 0.3) is 0 Å². The molecule has 1 saturated carbocycles. The van der Waals surface area contributed by atoms with Gasteiger partial charge in [0, 0.05) is 30.8 Å². The van der Waals surface area contributed by atoms with E-state index in [0.29, 0.717) is 37.1 Å². The monoisotopic (exact) mass is 397 g/mol. The number of aromatic nitrogens is 1. The van der Waals surface area contributed by atoms with Gasteiger partial charge in [-0.2, -0.15) is 0 Å². The molecule has 1 aliphatic carbocycles. The van der Waals surface area contributed by atoms with E-state index in [1.54, 1.807) is 0 Å². The molecule has 150 valence electrons. The molecule has 1 amide bonds. The van der Waals surface area contributed by atoms with Crippen LogP contribution in [0.5, 0.6) is 0 Å². The lowest BCUT2D eigenvalue weighted by Crippen LogP contribution is -2.26. The van der Waals surface area contributed by atoms with Crippen LogP contribution in [-0.4, -0.2) is 21.8 Å². The summed E-state index contributed by atoms with van der Waals surface area (Å²) < 4.78 is 32.6. The first-order valence-corrected chi connectivity index (χ1v) is 9.53. The van der Waals surface area contributed by atoms with Crippen molar-refractivity contribution < 1.29 is 18.0 Å². The number of oxazole rings is 1. The maximum Gasteiger partial charge on any atom is 0.273 e. The zero-order valence-electron chi connectivity index (χ0n) is 15.8. The summed E-state index contributed by atoms with van der Waals surface area (Å²) in [7, 11) is 0. The molecule has 0 aliphatic heterocycles. The molecule has 0 spiro atoms. The van der Waals surface area contributed by atoms with E-state index in [1.165, 1.54) is 18.4 Å². The molecule has 1 aliphatic rings. The van der Waals surface area contributed by atoms with Crippen LogP contribution in [0.15, 0.2) is 59.2 Å². The van der Waals surface area contributed by atoms with Gasteiger partial charge in [-0.1, -0.05) is 36.4 Å². The Morgan fingerprint density at radius 2 is 1.93 bits per heavy atom. The highest BCUT2D eigenvalue weighted by molar-refractivity contribution is 5.91. The molecule has 7 heteroatoms. The molecular weight excluding hydrogens is 376 g/mol. The molecule has 0 bridgehead atoms. The van der Waals surface area contributed by atoms with Crippen molar-refractivity contribution in [1.29, 1.82) is 0 Å². The largest absolute Gasteiger partial charge is 0.447 e. The highest BCUT2D eigenvalue weighted by Gasteiger charge is 2.30. The van der Waals surface area contributed by atoms with Crippen molar-refractivity contribution in [3.8, 4) is 0 Å². The van der Waals surface area contributed by atoms with Crippen LogP contribution in [0.4, 0.5) is 8.78 Å². The van der Waals surface area contributed by atoms with Gasteiger partial charge in [0.2, 0.25) is 5.89 Å². The molecule has 0 radical (unpaired) electrons. The normalized spacial score (nSPS) is 13.6. The fourth-order valence-corrected chi connectivity index (χ4v) is 3.15. The lowest BCUT2D eigenvalue weighted by molar-refractivity contribution is 0.0945. The molecule has 4 rings (SSSR count). The first-order valence-electron chi connectivity index (χ1n) is 9.53. The minimum atomic E-state index is -0.594. The SMILES string of the molecule is O=C(NCc1ccccc1)c1coc(CN(Cc2ccc(F)cc2F)C2CC2)n1. The zero-order valence-corrected chi connectivity index (χ0v) is 15.8. The van der Waals surface area contributed by atoms with Crippen molar-refractivity contribution in [2.45, 2.75) is 38.5 Å². The summed E-state index contributed by atoms with van der Waals surface area (Å²) in [4.78, 5) is 18.6. The maximum absolute atomic E-state index is 14.0. The average molecular weight is 397 g/mol. The van der Waals surface area contributed by atoms with E-state index < -0.39 is 11.6 Å². The zero-order chi connectivity index (χ0) is 20.2. The summed E-state index contributed by atoms with van der Waals surface area (Å²) in [6.07, 6.45) is 3.35. The Bertz CT molecular complexity index is 987. The standard InChI is InChI=1S/C22H21F2N3O2/c23-17-7-6-16(19(24)10-17)12-27(18-8-9-18)13-21-26-20(14-29-21)22(28)25-11-15-4-2-1-3-5-15/h1-7,10,14,18H,8-9,11-13H2,(H,25,28). The Morgan fingerprint density at radius 1 is 1.14 bits per heavy atom. The van der Waals surface area contributed by atoms with Gasteiger partial charge in [-0.25, -0.2) is 13.8 Å². The van der Waals surface area contributed by atoms with Gasteiger partial charge in [-0.05, 0) is 24.5 Å². The number of hydrogen-bond acceptors (Lipinski definition) is 4. The highest BCUT2D eigenvalue weighted by Crippen LogP contribution is 2.30. The fourth-order valence-electron chi connectivity index (χ4n) is 3.15. The second kappa shape index (κ2) is 8.53. The predicted octanol–water partition coefficient (Wildman–Crippen LogP) is 4.05. The second-order valence-electron chi connectivity index (χ2n) is 7.17. The molecule has 3 aromatic rings. The second-order valence-corrected chi connectivity index (χ2v) is 7.17. The first-order chi connectivity index (χ1) is 14.1. The Hall–Kier alpha value is -3.06. The number of nitrogens with zero attached hydrogens (tertiary/aromatic N) is 2. The van der Waals surface area contributed by atoms with Crippen LogP contribution < -0.4 is 5.32 Å². The number of benzene rings is 2. The fraction of sp³-hybridized carbons (Fsp3) is 0.273. The molecule has 0 atom stereocenters. The molecule has 1 N–H and O–H groups in total. The van der Waals surface area contributed by atoms with Crippen LogP contribution in [0, 0.1) is 11.6 Å². The van der Waals surface area contributed by atoms with Crippen LogP contribution in [-0.2, 0) is 19.6 Å². The molecule has 2 aromatic carbocycles. The third-order valence-corrected chi connectivity index (χ3v) is 4.87. The van der Waals surface area contributed by atoms with Crippen molar-refractivity contribution in [3.63, 3.8) is 0 Å². The quantitative estimate of drug-likeness (QED) is 0.623. The van der Waals surface area contributed by atoms with Gasteiger partial charge in [0.1, 0.15) is 17.9 Å². The topological polar surface area (TPSA) is 58.4 Å². The Labute approximate surface area is 167 Å². The summed E-state index contributed by atoms with van der Waals surface area (Å²) in [6, 6.07) is 13.5. The molecule has 5 nitrogen and oxygen atoms in total. The van der Waals surface area contributed by atoms with Gasteiger partial charge in [0.05, 0.1) is 6.54 Å². The summed E-state index contributed by atoms with van der Waals surface area (Å²) in [6.45, 7) is 1.09. The van der Waals surface area contributed by atoms with Crippen LogP contribution in [0.3, 0.4) is 0 Å². The van der Waals surface area contributed by atoms with Gasteiger partial charge in [-0.3, -0.25) is 9.69 Å². The van der Waals surface area contributed by atoms with E-state index in [-0.39, 0.29) is 11.6 Å². The van der Waals surface area contributed by atoms with Gasteiger partial charge in [-0.15, -0.1) is 0 Å². The molecule has 0 saturated heterocycles. The molecule has 0 unspecified atom stereocenters. The number of carbonyl (C=O) groups is 1.